The van der Waals surface area contributed by atoms with E-state index in [0.717, 1.165) is 4.88 Å². The number of benzene rings is 2. The summed E-state index contributed by atoms with van der Waals surface area (Å²) >= 11 is 1.63. The minimum atomic E-state index is -3.65. The zero-order chi connectivity index (χ0) is 19.4. The highest BCUT2D eigenvalue weighted by Crippen LogP contribution is 2.20. The third-order valence-electron chi connectivity index (χ3n) is 4.13. The Bertz CT molecular complexity index is 1030. The van der Waals surface area contributed by atoms with Gasteiger partial charge in [0.2, 0.25) is 0 Å². The van der Waals surface area contributed by atoms with E-state index < -0.39 is 10.0 Å². The molecule has 0 aliphatic heterocycles. The monoisotopic (exact) mass is 400 g/mol. The Kier molecular flexibility index (Phi) is 5.62. The highest BCUT2D eigenvalue weighted by Gasteiger charge is 2.16. The first-order chi connectivity index (χ1) is 12.9. The van der Waals surface area contributed by atoms with Crippen LogP contribution in [0.1, 0.15) is 20.8 Å². The lowest BCUT2D eigenvalue weighted by atomic mass is 10.2. The van der Waals surface area contributed by atoms with Crippen molar-refractivity contribution < 1.29 is 13.2 Å². The van der Waals surface area contributed by atoms with E-state index >= 15 is 0 Å². The van der Waals surface area contributed by atoms with Crippen LogP contribution >= 0.6 is 11.3 Å². The highest BCUT2D eigenvalue weighted by atomic mass is 32.2. The molecule has 0 fully saturated rings. The van der Waals surface area contributed by atoms with Crippen LogP contribution in [-0.4, -0.2) is 26.3 Å². The highest BCUT2D eigenvalue weighted by molar-refractivity contribution is 7.92. The molecule has 7 heteroatoms. The van der Waals surface area contributed by atoms with Crippen LogP contribution in [0, 0.1) is 6.92 Å². The van der Waals surface area contributed by atoms with E-state index in [1.807, 2.05) is 18.4 Å². The van der Waals surface area contributed by atoms with Gasteiger partial charge in [-0.2, -0.15) is 0 Å². The van der Waals surface area contributed by atoms with Crippen LogP contribution in [0.25, 0.3) is 0 Å². The summed E-state index contributed by atoms with van der Waals surface area (Å²) in [6.07, 6.45) is 0. The molecular formula is C20H20N2O3S2. The maximum Gasteiger partial charge on any atom is 0.261 e. The normalized spacial score (nSPS) is 11.2. The Morgan fingerprint density at radius 3 is 2.30 bits per heavy atom. The summed E-state index contributed by atoms with van der Waals surface area (Å²) in [5, 5.41) is 2.01. The number of aryl methyl sites for hydroxylation is 1. The maximum absolute atomic E-state index is 12.6. The zero-order valence-electron chi connectivity index (χ0n) is 15.0. The summed E-state index contributed by atoms with van der Waals surface area (Å²) < 4.78 is 27.2. The zero-order valence-corrected chi connectivity index (χ0v) is 16.7. The summed E-state index contributed by atoms with van der Waals surface area (Å²) in [5.74, 6) is -0.111. The van der Waals surface area contributed by atoms with Crippen LogP contribution in [-0.2, 0) is 16.6 Å². The van der Waals surface area contributed by atoms with E-state index in [1.165, 1.54) is 17.7 Å². The Morgan fingerprint density at radius 2 is 1.70 bits per heavy atom. The molecule has 1 amide bonds. The number of amides is 1. The van der Waals surface area contributed by atoms with Gasteiger partial charge in [0.1, 0.15) is 0 Å². The standard InChI is InChI=1S/C20H20N2O3S2/c1-15-12-13-26-19(15)14-22(2)20(23)16-8-10-17(11-9-16)21-27(24,25)18-6-4-3-5-7-18/h3-13,21H,14H2,1-2H3. The SMILES string of the molecule is Cc1ccsc1CN(C)C(=O)c1ccc(NS(=O)(=O)c2ccccc2)cc1. The van der Waals surface area contributed by atoms with E-state index in [4.69, 9.17) is 0 Å². The number of nitrogens with zero attached hydrogens (tertiary/aromatic N) is 1. The van der Waals surface area contributed by atoms with Crippen LogP contribution in [0.2, 0.25) is 0 Å². The molecule has 1 aromatic heterocycles. The van der Waals surface area contributed by atoms with Crippen molar-refractivity contribution in [3.8, 4) is 0 Å². The van der Waals surface area contributed by atoms with Gasteiger partial charge in [0, 0.05) is 23.2 Å². The minimum Gasteiger partial charge on any atom is -0.337 e. The summed E-state index contributed by atoms with van der Waals surface area (Å²) in [6, 6.07) is 16.6. The van der Waals surface area contributed by atoms with E-state index in [1.54, 1.807) is 65.7 Å². The lowest BCUT2D eigenvalue weighted by Crippen LogP contribution is -2.26. The van der Waals surface area contributed by atoms with E-state index in [9.17, 15) is 13.2 Å². The van der Waals surface area contributed by atoms with Gasteiger partial charge in [-0.1, -0.05) is 18.2 Å². The second kappa shape index (κ2) is 7.94. The van der Waals surface area contributed by atoms with Crippen LogP contribution in [0.4, 0.5) is 5.69 Å². The Balaban J connectivity index is 1.69. The van der Waals surface area contributed by atoms with Gasteiger partial charge in [-0.25, -0.2) is 8.42 Å². The fourth-order valence-corrected chi connectivity index (χ4v) is 4.61. The van der Waals surface area contributed by atoms with Crippen molar-refractivity contribution in [2.75, 3.05) is 11.8 Å². The topological polar surface area (TPSA) is 66.5 Å². The Hall–Kier alpha value is -2.64. The summed E-state index contributed by atoms with van der Waals surface area (Å²) in [6.45, 7) is 2.57. The molecule has 0 radical (unpaired) electrons. The van der Waals surface area contributed by atoms with Crippen molar-refractivity contribution in [2.24, 2.45) is 0 Å². The molecule has 0 bridgehead atoms. The van der Waals surface area contributed by atoms with Crippen molar-refractivity contribution in [2.45, 2.75) is 18.4 Å². The summed E-state index contributed by atoms with van der Waals surface area (Å²) in [4.78, 5) is 15.6. The number of thiophene rings is 1. The van der Waals surface area contributed by atoms with Crippen LogP contribution in [0.15, 0.2) is 70.9 Å². The number of carbonyl (C=O) groups is 1. The maximum atomic E-state index is 12.6. The van der Waals surface area contributed by atoms with Crippen molar-refractivity contribution in [3.05, 3.63) is 82.0 Å². The van der Waals surface area contributed by atoms with Gasteiger partial charge in [-0.15, -0.1) is 11.3 Å². The van der Waals surface area contributed by atoms with Crippen molar-refractivity contribution in [1.29, 1.82) is 0 Å². The molecule has 140 valence electrons. The first-order valence-electron chi connectivity index (χ1n) is 8.33. The Morgan fingerprint density at radius 1 is 1.04 bits per heavy atom. The molecule has 1 heterocycles. The van der Waals surface area contributed by atoms with Gasteiger partial charge < -0.3 is 4.90 Å². The van der Waals surface area contributed by atoms with Gasteiger partial charge >= 0.3 is 0 Å². The second-order valence-electron chi connectivity index (χ2n) is 6.18. The molecule has 3 rings (SSSR count). The first kappa shape index (κ1) is 19.1. The number of nitrogens with one attached hydrogen (secondary N) is 1. The number of carbonyl (C=O) groups excluding carboxylic acids is 1. The second-order valence-corrected chi connectivity index (χ2v) is 8.87. The van der Waals surface area contributed by atoms with E-state index in [-0.39, 0.29) is 10.8 Å². The lowest BCUT2D eigenvalue weighted by molar-refractivity contribution is 0.0786. The fourth-order valence-electron chi connectivity index (χ4n) is 2.57. The molecular weight excluding hydrogens is 380 g/mol. The van der Waals surface area contributed by atoms with Gasteiger partial charge in [0.25, 0.3) is 15.9 Å². The minimum absolute atomic E-state index is 0.111. The van der Waals surface area contributed by atoms with Gasteiger partial charge in [-0.05, 0) is 60.3 Å². The van der Waals surface area contributed by atoms with Crippen LogP contribution in [0.5, 0.6) is 0 Å². The lowest BCUT2D eigenvalue weighted by Gasteiger charge is -2.17. The number of hydrogen-bond acceptors (Lipinski definition) is 4. The van der Waals surface area contributed by atoms with E-state index in [2.05, 4.69) is 4.72 Å². The number of rotatable bonds is 6. The molecule has 0 spiro atoms. The largest absolute Gasteiger partial charge is 0.337 e. The summed E-state index contributed by atoms with van der Waals surface area (Å²) in [5.41, 5.74) is 2.09. The predicted molar refractivity (Wildman–Crippen MR) is 109 cm³/mol. The van der Waals surface area contributed by atoms with Gasteiger partial charge in [0.05, 0.1) is 11.4 Å². The first-order valence-corrected chi connectivity index (χ1v) is 10.7. The number of anilines is 1. The molecule has 3 aromatic rings. The number of sulfonamides is 1. The molecule has 2 aromatic carbocycles. The molecule has 0 saturated carbocycles. The molecule has 5 nitrogen and oxygen atoms in total. The molecule has 1 N–H and O–H groups in total. The molecule has 0 atom stereocenters. The molecule has 0 saturated heterocycles. The molecule has 0 aliphatic carbocycles. The Labute approximate surface area is 163 Å². The molecule has 27 heavy (non-hydrogen) atoms. The molecule has 0 unspecified atom stereocenters. The summed E-state index contributed by atoms with van der Waals surface area (Å²) in [7, 11) is -1.89. The van der Waals surface area contributed by atoms with Crippen molar-refractivity contribution >= 4 is 33.0 Å². The quantitative estimate of drug-likeness (QED) is 0.677. The number of hydrogen-bond donors (Lipinski definition) is 1. The third-order valence-corrected chi connectivity index (χ3v) is 6.54. The third kappa shape index (κ3) is 4.56. The smallest absolute Gasteiger partial charge is 0.261 e. The van der Waals surface area contributed by atoms with Crippen molar-refractivity contribution in [1.82, 2.24) is 4.90 Å². The van der Waals surface area contributed by atoms with Gasteiger partial charge in [0.15, 0.2) is 0 Å². The fraction of sp³-hybridized carbons (Fsp3) is 0.150. The average molecular weight is 401 g/mol. The van der Waals surface area contributed by atoms with Gasteiger partial charge in [-0.3, -0.25) is 9.52 Å². The van der Waals surface area contributed by atoms with Crippen LogP contribution < -0.4 is 4.72 Å². The molecule has 0 aliphatic rings. The van der Waals surface area contributed by atoms with Crippen molar-refractivity contribution in [3.63, 3.8) is 0 Å². The average Bonchev–Trinajstić information content (AvgIpc) is 3.07. The predicted octanol–water partition coefficient (Wildman–Crippen LogP) is 4.13. The van der Waals surface area contributed by atoms with Crippen LogP contribution in [0.3, 0.4) is 0 Å². The van der Waals surface area contributed by atoms with E-state index in [0.29, 0.717) is 17.8 Å².